The van der Waals surface area contributed by atoms with E-state index in [1.165, 1.54) is 23.1 Å². The van der Waals surface area contributed by atoms with E-state index in [9.17, 15) is 22.8 Å². The number of hydrogen-bond donors (Lipinski definition) is 1. The smallest absolute Gasteiger partial charge is 0.406 e. The Morgan fingerprint density at radius 2 is 1.86 bits per heavy atom. The van der Waals surface area contributed by atoms with Crippen molar-refractivity contribution in [3.63, 3.8) is 0 Å². The zero-order valence-corrected chi connectivity index (χ0v) is 15.0. The van der Waals surface area contributed by atoms with E-state index >= 15 is 0 Å². The third-order valence-electron chi connectivity index (χ3n) is 4.35. The minimum absolute atomic E-state index is 0.169. The molecule has 0 aliphatic carbocycles. The number of benzene rings is 2. The zero-order chi connectivity index (χ0) is 20.1. The standard InChI is InChI=1S/C20H19F3N2O3/c21-20(22,23)28-16-8-9-17-15(12-16)7-4-10-25(17)19(27)13-24-18(26)11-14-5-2-1-3-6-14/h1-3,5-6,8-9,12H,4,7,10-11,13H2,(H,24,26). The van der Waals surface area contributed by atoms with Crippen LogP contribution in [0.25, 0.3) is 0 Å². The van der Waals surface area contributed by atoms with Gasteiger partial charge in [0.05, 0.1) is 13.0 Å². The molecule has 2 amide bonds. The molecule has 1 aliphatic rings. The summed E-state index contributed by atoms with van der Waals surface area (Å²) >= 11 is 0. The number of rotatable bonds is 5. The number of fused-ring (bicyclic) bond motifs is 1. The van der Waals surface area contributed by atoms with E-state index in [2.05, 4.69) is 10.1 Å². The van der Waals surface area contributed by atoms with Crippen molar-refractivity contribution in [2.24, 2.45) is 0 Å². The predicted octanol–water partition coefficient (Wildman–Crippen LogP) is 3.22. The van der Waals surface area contributed by atoms with Gasteiger partial charge in [0.15, 0.2) is 0 Å². The molecule has 0 saturated heterocycles. The van der Waals surface area contributed by atoms with Crippen LogP contribution in [-0.4, -0.2) is 31.3 Å². The second-order valence-corrected chi connectivity index (χ2v) is 6.43. The van der Waals surface area contributed by atoms with Crippen molar-refractivity contribution in [2.45, 2.75) is 25.6 Å². The Hall–Kier alpha value is -3.03. The number of nitrogens with one attached hydrogen (secondary N) is 1. The molecule has 0 fully saturated rings. The lowest BCUT2D eigenvalue weighted by Crippen LogP contribution is -2.43. The third kappa shape index (κ3) is 5.25. The Balaban J connectivity index is 1.61. The van der Waals surface area contributed by atoms with Crippen molar-refractivity contribution in [3.05, 3.63) is 59.7 Å². The molecule has 0 unspecified atom stereocenters. The summed E-state index contributed by atoms with van der Waals surface area (Å²) in [7, 11) is 0. The van der Waals surface area contributed by atoms with Gasteiger partial charge in [-0.05, 0) is 42.2 Å². The lowest BCUT2D eigenvalue weighted by atomic mass is 10.0. The van der Waals surface area contributed by atoms with Gasteiger partial charge in [-0.15, -0.1) is 13.2 Å². The summed E-state index contributed by atoms with van der Waals surface area (Å²) in [5, 5.41) is 2.60. The molecule has 2 aromatic carbocycles. The van der Waals surface area contributed by atoms with E-state index in [0.717, 1.165) is 5.56 Å². The summed E-state index contributed by atoms with van der Waals surface area (Å²) < 4.78 is 41.1. The molecule has 148 valence electrons. The second-order valence-electron chi connectivity index (χ2n) is 6.43. The van der Waals surface area contributed by atoms with Crippen LogP contribution in [0.3, 0.4) is 0 Å². The molecule has 0 saturated carbocycles. The first kappa shape index (κ1) is 19.7. The number of carbonyl (C=O) groups excluding carboxylic acids is 2. The summed E-state index contributed by atoms with van der Waals surface area (Å²) in [5.41, 5.74) is 1.99. The van der Waals surface area contributed by atoms with Gasteiger partial charge in [-0.2, -0.15) is 0 Å². The molecule has 0 radical (unpaired) electrons. The monoisotopic (exact) mass is 392 g/mol. The zero-order valence-electron chi connectivity index (χ0n) is 15.0. The SMILES string of the molecule is O=C(Cc1ccccc1)NCC(=O)N1CCCc2cc(OC(F)(F)F)ccc21. The number of anilines is 1. The van der Waals surface area contributed by atoms with Gasteiger partial charge in [-0.1, -0.05) is 30.3 Å². The quantitative estimate of drug-likeness (QED) is 0.850. The molecule has 1 aliphatic heterocycles. The Morgan fingerprint density at radius 1 is 1.11 bits per heavy atom. The molecule has 0 spiro atoms. The Bertz CT molecular complexity index is 854. The lowest BCUT2D eigenvalue weighted by molar-refractivity contribution is -0.274. The van der Waals surface area contributed by atoms with Gasteiger partial charge in [0.25, 0.3) is 0 Å². The molecule has 2 aromatic rings. The average Bonchev–Trinajstić information content (AvgIpc) is 2.65. The number of alkyl halides is 3. The summed E-state index contributed by atoms with van der Waals surface area (Å²) in [6, 6.07) is 13.1. The number of ether oxygens (including phenoxy) is 1. The number of carbonyl (C=O) groups is 2. The van der Waals surface area contributed by atoms with Crippen LogP contribution in [-0.2, 0) is 22.4 Å². The number of nitrogens with zero attached hydrogens (tertiary/aromatic N) is 1. The van der Waals surface area contributed by atoms with Gasteiger partial charge < -0.3 is 15.0 Å². The number of hydrogen-bond acceptors (Lipinski definition) is 3. The number of halogens is 3. The van der Waals surface area contributed by atoms with E-state index in [1.807, 2.05) is 30.3 Å². The lowest BCUT2D eigenvalue weighted by Gasteiger charge is -2.30. The van der Waals surface area contributed by atoms with Crippen LogP contribution in [0.15, 0.2) is 48.5 Å². The fraction of sp³-hybridized carbons (Fsp3) is 0.300. The van der Waals surface area contributed by atoms with Gasteiger partial charge in [0.2, 0.25) is 11.8 Å². The fourth-order valence-corrected chi connectivity index (χ4v) is 3.14. The maximum atomic E-state index is 12.5. The van der Waals surface area contributed by atoms with Crippen molar-refractivity contribution in [1.29, 1.82) is 0 Å². The highest BCUT2D eigenvalue weighted by Gasteiger charge is 2.32. The van der Waals surface area contributed by atoms with E-state index in [-0.39, 0.29) is 30.5 Å². The van der Waals surface area contributed by atoms with Crippen LogP contribution in [0, 0.1) is 0 Å². The molecular formula is C20H19F3N2O3. The van der Waals surface area contributed by atoms with Gasteiger partial charge >= 0.3 is 6.36 Å². The molecule has 0 bridgehead atoms. The topological polar surface area (TPSA) is 58.6 Å². The first-order valence-corrected chi connectivity index (χ1v) is 8.81. The highest BCUT2D eigenvalue weighted by Crippen LogP contribution is 2.32. The van der Waals surface area contributed by atoms with Gasteiger partial charge in [-0.25, -0.2) is 0 Å². The van der Waals surface area contributed by atoms with Crippen LogP contribution in [0.4, 0.5) is 18.9 Å². The second kappa shape index (κ2) is 8.33. The minimum atomic E-state index is -4.76. The Kier molecular flexibility index (Phi) is 5.87. The maximum Gasteiger partial charge on any atom is 0.573 e. The van der Waals surface area contributed by atoms with Crippen molar-refractivity contribution >= 4 is 17.5 Å². The molecule has 8 heteroatoms. The summed E-state index contributed by atoms with van der Waals surface area (Å²) in [6.45, 7) is 0.270. The van der Waals surface area contributed by atoms with Crippen molar-refractivity contribution in [2.75, 3.05) is 18.0 Å². The van der Waals surface area contributed by atoms with Crippen LogP contribution in [0.5, 0.6) is 5.75 Å². The molecule has 0 aromatic heterocycles. The van der Waals surface area contributed by atoms with Crippen molar-refractivity contribution in [3.8, 4) is 5.75 Å². The summed E-state index contributed by atoms with van der Waals surface area (Å²) in [4.78, 5) is 26.0. The minimum Gasteiger partial charge on any atom is -0.406 e. The highest BCUT2D eigenvalue weighted by molar-refractivity contribution is 5.97. The average molecular weight is 392 g/mol. The molecule has 0 atom stereocenters. The largest absolute Gasteiger partial charge is 0.573 e. The molecule has 1 heterocycles. The van der Waals surface area contributed by atoms with E-state index in [0.29, 0.717) is 30.6 Å². The predicted molar refractivity (Wildman–Crippen MR) is 97.0 cm³/mol. The molecule has 1 N–H and O–H groups in total. The molecule has 3 rings (SSSR count). The van der Waals surface area contributed by atoms with Crippen LogP contribution in [0.1, 0.15) is 17.5 Å². The van der Waals surface area contributed by atoms with Crippen molar-refractivity contribution < 1.29 is 27.5 Å². The number of amides is 2. The summed E-state index contributed by atoms with van der Waals surface area (Å²) in [6.07, 6.45) is -3.43. The number of aryl methyl sites for hydroxylation is 1. The highest BCUT2D eigenvalue weighted by atomic mass is 19.4. The van der Waals surface area contributed by atoms with Crippen molar-refractivity contribution in [1.82, 2.24) is 5.32 Å². The van der Waals surface area contributed by atoms with E-state index in [4.69, 9.17) is 0 Å². The Labute approximate surface area is 160 Å². The van der Waals surface area contributed by atoms with Gasteiger partial charge in [-0.3, -0.25) is 9.59 Å². The first-order valence-electron chi connectivity index (χ1n) is 8.81. The van der Waals surface area contributed by atoms with Gasteiger partial charge in [0.1, 0.15) is 5.75 Å². The summed E-state index contributed by atoms with van der Waals surface area (Å²) in [5.74, 6) is -0.894. The van der Waals surface area contributed by atoms with Crippen LogP contribution >= 0.6 is 0 Å². The molecular weight excluding hydrogens is 373 g/mol. The Morgan fingerprint density at radius 3 is 2.57 bits per heavy atom. The maximum absolute atomic E-state index is 12.5. The normalized spacial score (nSPS) is 13.6. The fourth-order valence-electron chi connectivity index (χ4n) is 3.14. The van der Waals surface area contributed by atoms with E-state index < -0.39 is 6.36 Å². The van der Waals surface area contributed by atoms with Crippen LogP contribution < -0.4 is 15.0 Å². The van der Waals surface area contributed by atoms with Crippen LogP contribution in [0.2, 0.25) is 0 Å². The molecule has 5 nitrogen and oxygen atoms in total. The third-order valence-corrected chi connectivity index (χ3v) is 4.35. The first-order chi connectivity index (χ1) is 13.3. The van der Waals surface area contributed by atoms with E-state index in [1.54, 1.807) is 0 Å². The van der Waals surface area contributed by atoms with Gasteiger partial charge in [0, 0.05) is 12.2 Å². The molecule has 28 heavy (non-hydrogen) atoms.